The van der Waals surface area contributed by atoms with Gasteiger partial charge in [0.15, 0.2) is 17.1 Å². The van der Waals surface area contributed by atoms with Gasteiger partial charge in [0.25, 0.3) is 5.69 Å². The van der Waals surface area contributed by atoms with Crippen molar-refractivity contribution in [2.24, 2.45) is 11.7 Å². The van der Waals surface area contributed by atoms with E-state index in [9.17, 15) is 14.9 Å². The average Bonchev–Trinajstić information content (AvgIpc) is 3.57. The highest BCUT2D eigenvalue weighted by atomic mass is 16.6. The minimum absolute atomic E-state index is 0.0138. The number of benzene rings is 2. The van der Waals surface area contributed by atoms with Crippen molar-refractivity contribution in [3.05, 3.63) is 75.7 Å². The van der Waals surface area contributed by atoms with Gasteiger partial charge in [0.1, 0.15) is 12.1 Å². The molecule has 264 valence electrons. The third-order valence-corrected chi connectivity index (χ3v) is 11.0. The number of carbonyl (C=O) groups excluding carboxylic acids is 1. The highest BCUT2D eigenvalue weighted by molar-refractivity contribution is 5.87. The lowest BCUT2D eigenvalue weighted by molar-refractivity contribution is -0.385. The SMILES string of the molecule is COc1cc2c(cc1OC)C1(CCC(C(=O)N3CCN(c4ncnc5c4cnn5Cc4ccccc4[N+](=O)[O-])CC3)CC1)N(CCCN)CC2. The number of nitro benzene ring substituents is 1. The molecule has 2 aliphatic heterocycles. The molecule has 1 spiro atoms. The number of amides is 1. The van der Waals surface area contributed by atoms with Crippen molar-refractivity contribution in [2.45, 2.75) is 50.6 Å². The minimum atomic E-state index is -0.379. The van der Waals surface area contributed by atoms with Gasteiger partial charge in [0, 0.05) is 56.8 Å². The van der Waals surface area contributed by atoms with Crippen molar-refractivity contribution in [2.75, 3.05) is 64.9 Å². The van der Waals surface area contributed by atoms with Gasteiger partial charge in [-0.1, -0.05) is 18.2 Å². The number of anilines is 1. The number of piperazine rings is 1. The van der Waals surface area contributed by atoms with Crippen LogP contribution in [0.3, 0.4) is 0 Å². The van der Waals surface area contributed by atoms with Crippen LogP contribution >= 0.6 is 0 Å². The Kier molecular flexibility index (Phi) is 9.56. The number of fused-ring (bicyclic) bond motifs is 3. The summed E-state index contributed by atoms with van der Waals surface area (Å²) in [4.78, 5) is 41.0. The van der Waals surface area contributed by atoms with E-state index >= 15 is 0 Å². The Hall–Kier alpha value is -4.82. The molecule has 4 heterocycles. The highest BCUT2D eigenvalue weighted by Gasteiger charge is 2.47. The summed E-state index contributed by atoms with van der Waals surface area (Å²) < 4.78 is 13.0. The van der Waals surface area contributed by atoms with E-state index in [1.807, 2.05) is 4.90 Å². The first kappa shape index (κ1) is 33.7. The third kappa shape index (κ3) is 6.10. The number of methoxy groups -OCH3 is 2. The lowest BCUT2D eigenvalue weighted by Gasteiger charge is -2.52. The van der Waals surface area contributed by atoms with Gasteiger partial charge < -0.3 is 25.0 Å². The molecule has 2 aromatic heterocycles. The maximum absolute atomic E-state index is 14.0. The summed E-state index contributed by atoms with van der Waals surface area (Å²) in [6.45, 7) is 5.28. The molecule has 1 amide bonds. The number of hydrogen-bond donors (Lipinski definition) is 1. The lowest BCUT2D eigenvalue weighted by Crippen LogP contribution is -2.55. The van der Waals surface area contributed by atoms with E-state index in [1.165, 1.54) is 23.5 Å². The number of nitrogens with two attached hydrogens (primary N) is 1. The first-order chi connectivity index (χ1) is 24.4. The van der Waals surface area contributed by atoms with Crippen LogP contribution in [0.15, 0.2) is 48.9 Å². The molecule has 4 aromatic rings. The van der Waals surface area contributed by atoms with E-state index in [0.29, 0.717) is 43.9 Å². The van der Waals surface area contributed by atoms with Gasteiger partial charge in [-0.15, -0.1) is 0 Å². The van der Waals surface area contributed by atoms with Crippen LogP contribution in [0.1, 0.15) is 48.8 Å². The zero-order chi connectivity index (χ0) is 34.8. The van der Waals surface area contributed by atoms with Crippen molar-refractivity contribution in [3.8, 4) is 11.5 Å². The van der Waals surface area contributed by atoms with Gasteiger partial charge in [0.2, 0.25) is 5.91 Å². The molecule has 0 atom stereocenters. The quantitative estimate of drug-likeness (QED) is 0.192. The number of rotatable bonds is 10. The fourth-order valence-electron chi connectivity index (χ4n) is 8.37. The topological polar surface area (TPSA) is 158 Å². The minimum Gasteiger partial charge on any atom is -0.493 e. The molecule has 2 aromatic carbocycles. The van der Waals surface area contributed by atoms with Crippen LogP contribution in [0.4, 0.5) is 11.5 Å². The maximum Gasteiger partial charge on any atom is 0.274 e. The first-order valence-corrected chi connectivity index (χ1v) is 17.5. The largest absolute Gasteiger partial charge is 0.493 e. The van der Waals surface area contributed by atoms with Gasteiger partial charge in [0.05, 0.1) is 42.8 Å². The van der Waals surface area contributed by atoms with Crippen molar-refractivity contribution < 1.29 is 19.2 Å². The van der Waals surface area contributed by atoms with Crippen molar-refractivity contribution in [1.82, 2.24) is 29.5 Å². The summed E-state index contributed by atoms with van der Waals surface area (Å²) in [7, 11) is 3.36. The Bertz CT molecular complexity index is 1860. The van der Waals surface area contributed by atoms with E-state index in [4.69, 9.17) is 15.2 Å². The second-order valence-electron chi connectivity index (χ2n) is 13.5. The average molecular weight is 684 g/mol. The third-order valence-electron chi connectivity index (χ3n) is 11.0. The van der Waals surface area contributed by atoms with Gasteiger partial charge in [-0.05, 0) is 68.3 Å². The van der Waals surface area contributed by atoms with Crippen molar-refractivity contribution in [3.63, 3.8) is 0 Å². The monoisotopic (exact) mass is 683 g/mol. The van der Waals surface area contributed by atoms with Crippen LogP contribution in [0.2, 0.25) is 0 Å². The van der Waals surface area contributed by atoms with E-state index in [0.717, 1.165) is 74.3 Å². The Morgan fingerprint density at radius 2 is 1.78 bits per heavy atom. The highest BCUT2D eigenvalue weighted by Crippen LogP contribution is 2.50. The molecule has 7 rings (SSSR count). The smallest absolute Gasteiger partial charge is 0.274 e. The van der Waals surface area contributed by atoms with Crippen LogP contribution in [0, 0.1) is 16.0 Å². The molecule has 0 radical (unpaired) electrons. The fourth-order valence-corrected chi connectivity index (χ4v) is 8.37. The number of nitrogens with zero attached hydrogens (tertiary/aromatic N) is 8. The molecule has 14 heteroatoms. The van der Waals surface area contributed by atoms with Gasteiger partial charge in [-0.2, -0.15) is 5.10 Å². The Morgan fingerprint density at radius 1 is 1.04 bits per heavy atom. The molecule has 1 saturated heterocycles. The molecule has 3 aliphatic rings. The standard InChI is InChI=1S/C36H45N9O5/c1-49-31-20-26-10-15-43(14-5-13-37)36(29(26)21-32(31)50-2)11-8-25(9-12-36)35(46)42-18-16-41(17-19-42)33-28-22-40-44(34(28)39-24-38-33)23-27-6-3-4-7-30(27)45(47)48/h3-4,6-7,20-22,24-25H,5,8-19,23,37H2,1-2H3. The number of aromatic nitrogens is 4. The summed E-state index contributed by atoms with van der Waals surface area (Å²) in [5, 5.41) is 16.9. The molecule has 14 nitrogen and oxygen atoms in total. The molecule has 1 aliphatic carbocycles. The summed E-state index contributed by atoms with van der Waals surface area (Å²) in [5.74, 6) is 2.49. The van der Waals surface area contributed by atoms with Crippen LogP contribution in [0.5, 0.6) is 11.5 Å². The van der Waals surface area contributed by atoms with Gasteiger partial charge in [-0.25, -0.2) is 14.6 Å². The van der Waals surface area contributed by atoms with Crippen LogP contribution < -0.4 is 20.1 Å². The molecular formula is C36H45N9O5. The first-order valence-electron chi connectivity index (χ1n) is 17.5. The zero-order valence-corrected chi connectivity index (χ0v) is 28.8. The number of hydrogen-bond acceptors (Lipinski definition) is 11. The van der Waals surface area contributed by atoms with E-state index < -0.39 is 0 Å². The fraction of sp³-hybridized carbons (Fsp3) is 0.500. The second kappa shape index (κ2) is 14.2. The van der Waals surface area contributed by atoms with E-state index in [-0.39, 0.29) is 34.5 Å². The summed E-state index contributed by atoms with van der Waals surface area (Å²) in [5.41, 5.74) is 9.64. The molecule has 1 saturated carbocycles. The van der Waals surface area contributed by atoms with Crippen molar-refractivity contribution in [1.29, 1.82) is 0 Å². The lowest BCUT2D eigenvalue weighted by atomic mass is 9.68. The number of para-hydroxylation sites is 1. The molecule has 2 N–H and O–H groups in total. The van der Waals surface area contributed by atoms with Gasteiger partial charge >= 0.3 is 0 Å². The molecule has 0 unspecified atom stereocenters. The molecule has 50 heavy (non-hydrogen) atoms. The predicted octanol–water partition coefficient (Wildman–Crippen LogP) is 3.74. The van der Waals surface area contributed by atoms with Crippen LogP contribution in [-0.2, 0) is 23.3 Å². The predicted molar refractivity (Wildman–Crippen MR) is 188 cm³/mol. The Labute approximate surface area is 291 Å². The van der Waals surface area contributed by atoms with Gasteiger partial charge in [-0.3, -0.25) is 19.8 Å². The normalized spacial score (nSPS) is 21.0. The summed E-state index contributed by atoms with van der Waals surface area (Å²) in [6.07, 6.45) is 8.60. The maximum atomic E-state index is 14.0. The van der Waals surface area contributed by atoms with Crippen molar-refractivity contribution >= 4 is 28.4 Å². The Morgan fingerprint density at radius 3 is 2.50 bits per heavy atom. The van der Waals surface area contributed by atoms with E-state index in [1.54, 1.807) is 43.3 Å². The number of nitro groups is 1. The number of ether oxygens (including phenoxy) is 2. The van der Waals surface area contributed by atoms with E-state index in [2.05, 4.69) is 37.0 Å². The molecular weight excluding hydrogens is 638 g/mol. The van der Waals surface area contributed by atoms with Crippen LogP contribution in [-0.4, -0.2) is 100 Å². The number of carbonyl (C=O) groups is 1. The molecule has 2 fully saturated rings. The Balaban J connectivity index is 1.02. The summed E-state index contributed by atoms with van der Waals surface area (Å²) >= 11 is 0. The molecule has 0 bridgehead atoms. The summed E-state index contributed by atoms with van der Waals surface area (Å²) in [6, 6.07) is 11.0. The second-order valence-corrected chi connectivity index (χ2v) is 13.5. The zero-order valence-electron chi connectivity index (χ0n) is 28.8. The van der Waals surface area contributed by atoms with Crippen LogP contribution in [0.25, 0.3) is 11.0 Å².